The highest BCUT2D eigenvalue weighted by Crippen LogP contribution is 2.13. The monoisotopic (exact) mass is 246 g/mol. The summed E-state index contributed by atoms with van der Waals surface area (Å²) in [6.07, 6.45) is 3.08. The van der Waals surface area contributed by atoms with E-state index in [4.69, 9.17) is 4.74 Å². The fourth-order valence-corrected chi connectivity index (χ4v) is 2.37. The van der Waals surface area contributed by atoms with Gasteiger partial charge in [-0.15, -0.1) is 0 Å². The minimum Gasteiger partial charge on any atom is -0.497 e. The molecule has 0 saturated heterocycles. The Kier molecular flexibility index (Phi) is 2.66. The van der Waals surface area contributed by atoms with Crippen molar-refractivity contribution >= 4 is 0 Å². The van der Waals surface area contributed by atoms with Crippen LogP contribution in [0.3, 0.4) is 0 Å². The lowest BCUT2D eigenvalue weighted by Crippen LogP contribution is -2.43. The Morgan fingerprint density at radius 1 is 1.28 bits per heavy atom. The molecule has 0 bridgehead atoms. The van der Waals surface area contributed by atoms with Crippen LogP contribution in [0.2, 0.25) is 0 Å². The summed E-state index contributed by atoms with van der Waals surface area (Å²) in [5.41, 5.74) is 1.76. The molecule has 0 aliphatic carbocycles. The number of fused-ring (bicyclic) bond motifs is 1. The van der Waals surface area contributed by atoms with E-state index in [2.05, 4.69) is 5.21 Å². The molecule has 0 atom stereocenters. The van der Waals surface area contributed by atoms with Crippen molar-refractivity contribution in [3.8, 4) is 11.4 Å². The van der Waals surface area contributed by atoms with Crippen LogP contribution in [-0.4, -0.2) is 17.0 Å². The van der Waals surface area contributed by atoms with Gasteiger partial charge in [0, 0.05) is 6.42 Å². The molecule has 1 aromatic carbocycles. The predicted octanol–water partition coefficient (Wildman–Crippen LogP) is 0.798. The maximum absolute atomic E-state index is 12.2. The lowest BCUT2D eigenvalue weighted by atomic mass is 10.1. The summed E-state index contributed by atoms with van der Waals surface area (Å²) in [6, 6.07) is 7.46. The van der Waals surface area contributed by atoms with Crippen molar-refractivity contribution < 1.29 is 9.42 Å². The molecule has 0 spiro atoms. The Bertz CT molecular complexity index is 610. The normalized spacial score (nSPS) is 14.3. The van der Waals surface area contributed by atoms with Crippen LogP contribution in [0.4, 0.5) is 0 Å². The van der Waals surface area contributed by atoms with Crippen molar-refractivity contribution in [2.45, 2.75) is 25.8 Å². The van der Waals surface area contributed by atoms with E-state index in [0.29, 0.717) is 0 Å². The molecular formula is C13H16N3O2+. The van der Waals surface area contributed by atoms with Crippen molar-refractivity contribution in [2.24, 2.45) is 0 Å². The third kappa shape index (κ3) is 1.72. The number of benzene rings is 1. The molecule has 3 rings (SSSR count). The SMILES string of the molecule is COc1ccc(-n2[nH][n+]3c(c2=O)CCCC3)cc1. The number of nitrogens with one attached hydrogen (secondary N) is 1. The van der Waals surface area contributed by atoms with E-state index < -0.39 is 0 Å². The molecule has 2 heterocycles. The summed E-state index contributed by atoms with van der Waals surface area (Å²) in [4.78, 5) is 12.2. The van der Waals surface area contributed by atoms with Crippen molar-refractivity contribution in [1.82, 2.24) is 9.90 Å². The summed E-state index contributed by atoms with van der Waals surface area (Å²) in [6.45, 7) is 0.897. The number of aromatic nitrogens is 3. The van der Waals surface area contributed by atoms with E-state index in [1.54, 1.807) is 11.8 Å². The highest BCUT2D eigenvalue weighted by Gasteiger charge is 2.24. The average molecular weight is 246 g/mol. The van der Waals surface area contributed by atoms with Crippen LogP contribution < -0.4 is 15.0 Å². The van der Waals surface area contributed by atoms with Crippen LogP contribution in [0.5, 0.6) is 5.75 Å². The fourth-order valence-electron chi connectivity index (χ4n) is 2.37. The van der Waals surface area contributed by atoms with Crippen LogP contribution in [-0.2, 0) is 13.0 Å². The van der Waals surface area contributed by atoms with E-state index in [1.165, 1.54) is 0 Å². The van der Waals surface area contributed by atoms with Crippen LogP contribution in [0.25, 0.3) is 5.69 Å². The lowest BCUT2D eigenvalue weighted by molar-refractivity contribution is -0.765. The Labute approximate surface area is 105 Å². The maximum atomic E-state index is 12.2. The fraction of sp³-hybridized carbons (Fsp3) is 0.385. The van der Waals surface area contributed by atoms with Crippen molar-refractivity contribution in [3.05, 3.63) is 40.3 Å². The van der Waals surface area contributed by atoms with Gasteiger partial charge in [0.25, 0.3) is 0 Å². The number of hydrogen-bond acceptors (Lipinski definition) is 2. The summed E-state index contributed by atoms with van der Waals surface area (Å²) in [5, 5.41) is 3.14. The van der Waals surface area contributed by atoms with E-state index in [1.807, 2.05) is 28.9 Å². The van der Waals surface area contributed by atoms with E-state index in [9.17, 15) is 4.79 Å². The van der Waals surface area contributed by atoms with Gasteiger partial charge in [-0.05, 0) is 37.1 Å². The molecular weight excluding hydrogens is 230 g/mol. The molecule has 0 amide bonds. The highest BCUT2D eigenvalue weighted by atomic mass is 16.5. The number of H-pyrrole nitrogens is 1. The summed E-state index contributed by atoms with van der Waals surface area (Å²) >= 11 is 0. The van der Waals surface area contributed by atoms with Gasteiger partial charge in [0.2, 0.25) is 5.69 Å². The Hall–Kier alpha value is -2.04. The van der Waals surface area contributed by atoms with Gasteiger partial charge < -0.3 is 4.74 Å². The van der Waals surface area contributed by atoms with Gasteiger partial charge in [-0.2, -0.15) is 4.68 Å². The molecule has 1 aliphatic heterocycles. The van der Waals surface area contributed by atoms with Gasteiger partial charge in [0.1, 0.15) is 12.3 Å². The number of nitrogens with zero attached hydrogens (tertiary/aromatic N) is 2. The van der Waals surface area contributed by atoms with Crippen LogP contribution in [0.15, 0.2) is 29.1 Å². The standard InChI is InChI=1S/C13H15N3O2/c1-18-11-7-5-10(6-8-11)16-13(17)12-4-2-3-9-15(12)14-16/h5-8H,2-4,9H2,1H3/p+1. The second-order valence-electron chi connectivity index (χ2n) is 4.49. The van der Waals surface area contributed by atoms with Gasteiger partial charge in [-0.25, -0.2) is 4.79 Å². The van der Waals surface area contributed by atoms with Crippen LogP contribution in [0.1, 0.15) is 18.5 Å². The first kappa shape index (κ1) is 11.1. The Balaban J connectivity index is 2.05. The minimum atomic E-state index is 0.0554. The predicted molar refractivity (Wildman–Crippen MR) is 66.1 cm³/mol. The molecule has 2 aromatic rings. The molecule has 1 aromatic heterocycles. The number of aryl methyl sites for hydroxylation is 1. The van der Waals surface area contributed by atoms with Crippen molar-refractivity contribution in [1.29, 1.82) is 0 Å². The third-order valence-electron chi connectivity index (χ3n) is 3.37. The van der Waals surface area contributed by atoms with Gasteiger partial charge in [0.05, 0.1) is 7.11 Å². The number of rotatable bonds is 2. The number of hydrogen-bond donors (Lipinski definition) is 1. The van der Waals surface area contributed by atoms with E-state index >= 15 is 0 Å². The smallest absolute Gasteiger partial charge is 0.401 e. The molecule has 0 saturated carbocycles. The minimum absolute atomic E-state index is 0.0554. The first-order valence-corrected chi connectivity index (χ1v) is 6.18. The number of ether oxygens (including phenoxy) is 1. The second-order valence-corrected chi connectivity index (χ2v) is 4.49. The molecule has 0 unspecified atom stereocenters. The first-order valence-electron chi connectivity index (χ1n) is 6.18. The summed E-state index contributed by atoms with van der Waals surface area (Å²) in [5.74, 6) is 0.788. The molecule has 18 heavy (non-hydrogen) atoms. The molecule has 94 valence electrons. The maximum Gasteiger partial charge on any atom is 0.401 e. The zero-order valence-electron chi connectivity index (χ0n) is 10.3. The van der Waals surface area contributed by atoms with Gasteiger partial charge in [-0.1, -0.05) is 9.90 Å². The van der Waals surface area contributed by atoms with Gasteiger partial charge >= 0.3 is 5.56 Å². The number of aromatic amines is 1. The summed E-state index contributed by atoms with van der Waals surface area (Å²) in [7, 11) is 1.63. The second kappa shape index (κ2) is 4.33. The van der Waals surface area contributed by atoms with Gasteiger partial charge in [0.15, 0.2) is 5.69 Å². The van der Waals surface area contributed by atoms with Crippen LogP contribution in [0, 0.1) is 0 Å². The van der Waals surface area contributed by atoms with Crippen molar-refractivity contribution in [2.75, 3.05) is 7.11 Å². The van der Waals surface area contributed by atoms with Crippen molar-refractivity contribution in [3.63, 3.8) is 0 Å². The Morgan fingerprint density at radius 2 is 2.06 bits per heavy atom. The van der Waals surface area contributed by atoms with E-state index in [-0.39, 0.29) is 5.56 Å². The number of methoxy groups -OCH3 is 1. The van der Waals surface area contributed by atoms with E-state index in [0.717, 1.165) is 42.9 Å². The molecule has 0 radical (unpaired) electrons. The Morgan fingerprint density at radius 3 is 2.72 bits per heavy atom. The average Bonchev–Trinajstić information content (AvgIpc) is 2.77. The molecule has 1 N–H and O–H groups in total. The third-order valence-corrected chi connectivity index (χ3v) is 3.37. The molecule has 0 fully saturated rings. The lowest BCUT2D eigenvalue weighted by Gasteiger charge is -2.04. The molecule has 5 nitrogen and oxygen atoms in total. The summed E-state index contributed by atoms with van der Waals surface area (Å²) < 4.78 is 8.67. The van der Waals surface area contributed by atoms with Gasteiger partial charge in [-0.3, -0.25) is 0 Å². The molecule has 5 heteroatoms. The highest BCUT2D eigenvalue weighted by molar-refractivity contribution is 5.36. The topological polar surface area (TPSA) is 50.9 Å². The van der Waals surface area contributed by atoms with Crippen LogP contribution >= 0.6 is 0 Å². The largest absolute Gasteiger partial charge is 0.497 e. The zero-order valence-corrected chi connectivity index (χ0v) is 10.3. The molecule has 1 aliphatic rings. The zero-order chi connectivity index (χ0) is 12.5. The first-order chi connectivity index (χ1) is 8.79. The quantitative estimate of drug-likeness (QED) is 0.797.